The fraction of sp³-hybridized carbons (Fsp3) is 0.158. The molecular formula is C19H16IN3O4. The Bertz CT molecular complexity index is 908. The lowest BCUT2D eigenvalue weighted by molar-refractivity contribution is -0.152. The third-order valence-corrected chi connectivity index (χ3v) is 4.44. The number of hydrogen-bond acceptors (Lipinski definition) is 5. The van der Waals surface area contributed by atoms with Crippen molar-refractivity contribution in [2.45, 2.75) is 13.0 Å². The molecule has 0 heterocycles. The number of nitrogens with one attached hydrogen (secondary N) is 2. The average Bonchev–Trinajstić information content (AvgIpc) is 2.66. The molecule has 2 aromatic rings. The van der Waals surface area contributed by atoms with Crippen LogP contribution in [-0.2, 0) is 14.3 Å². The summed E-state index contributed by atoms with van der Waals surface area (Å²) in [5.74, 6) is -1.72. The summed E-state index contributed by atoms with van der Waals surface area (Å²) in [6, 6.07) is 15.4. The van der Waals surface area contributed by atoms with E-state index in [0.29, 0.717) is 16.8 Å². The molecule has 0 aliphatic heterocycles. The monoisotopic (exact) mass is 477 g/mol. The van der Waals surface area contributed by atoms with E-state index in [1.165, 1.54) is 6.92 Å². The minimum atomic E-state index is -1.09. The highest BCUT2D eigenvalue weighted by atomic mass is 127. The molecule has 138 valence electrons. The molecular weight excluding hydrogens is 461 g/mol. The fourth-order valence-electron chi connectivity index (χ4n) is 2.11. The van der Waals surface area contributed by atoms with Crippen molar-refractivity contribution in [3.8, 4) is 6.07 Å². The van der Waals surface area contributed by atoms with Crippen LogP contribution >= 0.6 is 22.6 Å². The summed E-state index contributed by atoms with van der Waals surface area (Å²) in [5, 5.41) is 14.0. The molecule has 0 unspecified atom stereocenters. The van der Waals surface area contributed by atoms with Crippen LogP contribution in [0.15, 0.2) is 48.5 Å². The van der Waals surface area contributed by atoms with E-state index in [1.54, 1.807) is 48.5 Å². The molecule has 0 bridgehead atoms. The van der Waals surface area contributed by atoms with Crippen molar-refractivity contribution in [1.29, 1.82) is 5.26 Å². The number of carbonyl (C=O) groups is 3. The number of hydrogen-bond donors (Lipinski definition) is 2. The largest absolute Gasteiger partial charge is 0.451 e. The van der Waals surface area contributed by atoms with Gasteiger partial charge in [-0.05, 0) is 53.8 Å². The Hall–Kier alpha value is -2.93. The molecule has 8 heteroatoms. The lowest BCUT2D eigenvalue weighted by atomic mass is 10.2. The third-order valence-electron chi connectivity index (χ3n) is 3.49. The minimum Gasteiger partial charge on any atom is -0.451 e. The predicted octanol–water partition coefficient (Wildman–Crippen LogP) is 2.46. The Morgan fingerprint density at radius 2 is 1.81 bits per heavy atom. The number of carbonyl (C=O) groups excluding carboxylic acids is 3. The number of para-hydroxylation sites is 1. The zero-order chi connectivity index (χ0) is 19.8. The SMILES string of the molecule is C[C@@H](OC(=O)CNC(=O)c1ccccc1I)C(=O)Nc1ccccc1C#N. The molecule has 27 heavy (non-hydrogen) atoms. The molecule has 1 atom stereocenters. The van der Waals surface area contributed by atoms with Crippen molar-refractivity contribution in [2.24, 2.45) is 0 Å². The second kappa shape index (κ2) is 9.68. The van der Waals surface area contributed by atoms with Gasteiger partial charge in [0.2, 0.25) is 0 Å². The Morgan fingerprint density at radius 3 is 2.52 bits per heavy atom. The van der Waals surface area contributed by atoms with Crippen LogP contribution in [-0.4, -0.2) is 30.4 Å². The fourth-order valence-corrected chi connectivity index (χ4v) is 2.74. The predicted molar refractivity (Wildman–Crippen MR) is 107 cm³/mol. The van der Waals surface area contributed by atoms with Crippen LogP contribution < -0.4 is 10.6 Å². The molecule has 0 fully saturated rings. The van der Waals surface area contributed by atoms with Gasteiger partial charge in [-0.15, -0.1) is 0 Å². The highest BCUT2D eigenvalue weighted by molar-refractivity contribution is 14.1. The smallest absolute Gasteiger partial charge is 0.326 e. The first-order chi connectivity index (χ1) is 12.9. The second-order valence-corrected chi connectivity index (χ2v) is 6.60. The summed E-state index contributed by atoms with van der Waals surface area (Å²) in [7, 11) is 0. The number of esters is 1. The van der Waals surface area contributed by atoms with Gasteiger partial charge in [0.15, 0.2) is 6.10 Å². The molecule has 0 saturated heterocycles. The molecule has 7 nitrogen and oxygen atoms in total. The number of anilines is 1. The van der Waals surface area contributed by atoms with Crippen LogP contribution in [0.25, 0.3) is 0 Å². The zero-order valence-corrected chi connectivity index (χ0v) is 16.5. The topological polar surface area (TPSA) is 108 Å². The second-order valence-electron chi connectivity index (χ2n) is 5.44. The van der Waals surface area contributed by atoms with E-state index in [0.717, 1.165) is 3.57 Å². The number of rotatable bonds is 6. The van der Waals surface area contributed by atoms with E-state index in [9.17, 15) is 14.4 Å². The van der Waals surface area contributed by atoms with Crippen molar-refractivity contribution in [3.05, 3.63) is 63.2 Å². The van der Waals surface area contributed by atoms with E-state index in [1.807, 2.05) is 28.7 Å². The van der Waals surface area contributed by atoms with E-state index < -0.39 is 23.9 Å². The van der Waals surface area contributed by atoms with Gasteiger partial charge in [0.25, 0.3) is 11.8 Å². The molecule has 0 radical (unpaired) electrons. The van der Waals surface area contributed by atoms with E-state index in [-0.39, 0.29) is 6.54 Å². The standard InChI is InChI=1S/C19H16IN3O4/c1-12(18(25)23-16-9-5-2-6-13(16)10-21)27-17(24)11-22-19(26)14-7-3-4-8-15(14)20/h2-9,12H,11H2,1H3,(H,22,26)(H,23,25)/t12-/m1/s1. The van der Waals surface area contributed by atoms with Crippen molar-refractivity contribution >= 4 is 46.1 Å². The summed E-state index contributed by atoms with van der Waals surface area (Å²) in [6.45, 7) is 1.04. The number of nitrogens with zero attached hydrogens (tertiary/aromatic N) is 1. The van der Waals surface area contributed by atoms with Crippen LogP contribution in [0.1, 0.15) is 22.8 Å². The molecule has 2 rings (SSSR count). The number of halogens is 1. The number of ether oxygens (including phenoxy) is 1. The maximum absolute atomic E-state index is 12.1. The van der Waals surface area contributed by atoms with Crippen LogP contribution in [0.3, 0.4) is 0 Å². The molecule has 0 saturated carbocycles. The summed E-state index contributed by atoms with van der Waals surface area (Å²) in [6.07, 6.45) is -1.09. The van der Waals surface area contributed by atoms with Gasteiger partial charge >= 0.3 is 5.97 Å². The minimum absolute atomic E-state index is 0.300. The van der Waals surface area contributed by atoms with Gasteiger partial charge in [0.05, 0.1) is 16.8 Å². The lowest BCUT2D eigenvalue weighted by Gasteiger charge is -2.14. The van der Waals surface area contributed by atoms with Gasteiger partial charge in [0, 0.05) is 3.57 Å². The zero-order valence-electron chi connectivity index (χ0n) is 14.4. The lowest BCUT2D eigenvalue weighted by Crippen LogP contribution is -2.36. The molecule has 0 spiro atoms. The molecule has 2 aromatic carbocycles. The summed E-state index contributed by atoms with van der Waals surface area (Å²) < 4.78 is 5.78. The maximum atomic E-state index is 12.1. The maximum Gasteiger partial charge on any atom is 0.326 e. The summed E-state index contributed by atoms with van der Waals surface area (Å²) in [4.78, 5) is 36.1. The average molecular weight is 477 g/mol. The first-order valence-corrected chi connectivity index (χ1v) is 9.02. The summed E-state index contributed by atoms with van der Waals surface area (Å²) in [5.41, 5.74) is 1.08. The van der Waals surface area contributed by atoms with Crippen LogP contribution in [0, 0.1) is 14.9 Å². The van der Waals surface area contributed by atoms with Gasteiger partial charge in [-0.3, -0.25) is 14.4 Å². The Labute approximate surface area is 169 Å². The van der Waals surface area contributed by atoms with Crippen molar-refractivity contribution in [2.75, 3.05) is 11.9 Å². The Kier molecular flexibility index (Phi) is 7.31. The van der Waals surface area contributed by atoms with Crippen LogP contribution in [0.5, 0.6) is 0 Å². The van der Waals surface area contributed by atoms with E-state index >= 15 is 0 Å². The van der Waals surface area contributed by atoms with Crippen LogP contribution in [0.2, 0.25) is 0 Å². The first kappa shape index (κ1) is 20.4. The highest BCUT2D eigenvalue weighted by Crippen LogP contribution is 2.14. The molecule has 0 aliphatic carbocycles. The van der Waals surface area contributed by atoms with Crippen molar-refractivity contribution in [3.63, 3.8) is 0 Å². The van der Waals surface area contributed by atoms with Crippen molar-refractivity contribution < 1.29 is 19.1 Å². The number of benzene rings is 2. The van der Waals surface area contributed by atoms with E-state index in [4.69, 9.17) is 10.00 Å². The Morgan fingerprint density at radius 1 is 1.15 bits per heavy atom. The van der Waals surface area contributed by atoms with E-state index in [2.05, 4.69) is 10.6 Å². The molecule has 2 N–H and O–H groups in total. The molecule has 0 aliphatic rings. The molecule has 2 amide bonds. The van der Waals surface area contributed by atoms with Gasteiger partial charge in [0.1, 0.15) is 12.6 Å². The third kappa shape index (κ3) is 5.79. The van der Waals surface area contributed by atoms with Gasteiger partial charge in [-0.1, -0.05) is 24.3 Å². The number of amides is 2. The summed E-state index contributed by atoms with van der Waals surface area (Å²) >= 11 is 2.02. The normalized spacial score (nSPS) is 11.0. The van der Waals surface area contributed by atoms with Gasteiger partial charge < -0.3 is 15.4 Å². The Balaban J connectivity index is 1.86. The number of nitriles is 1. The highest BCUT2D eigenvalue weighted by Gasteiger charge is 2.19. The van der Waals surface area contributed by atoms with Gasteiger partial charge in [-0.2, -0.15) is 5.26 Å². The molecule has 0 aromatic heterocycles. The van der Waals surface area contributed by atoms with Crippen molar-refractivity contribution in [1.82, 2.24) is 5.32 Å². The van der Waals surface area contributed by atoms with Crippen LogP contribution in [0.4, 0.5) is 5.69 Å². The first-order valence-electron chi connectivity index (χ1n) is 7.94. The van der Waals surface area contributed by atoms with Gasteiger partial charge in [-0.25, -0.2) is 0 Å². The quantitative estimate of drug-likeness (QED) is 0.491.